The lowest BCUT2D eigenvalue weighted by molar-refractivity contribution is 0.181. The van der Waals surface area contributed by atoms with Crippen LogP contribution in [0.15, 0.2) is 12.4 Å². The molecule has 1 N–H and O–H groups in total. The molecule has 0 saturated heterocycles. The van der Waals surface area contributed by atoms with Gasteiger partial charge in [0.25, 0.3) is 5.78 Å². The first kappa shape index (κ1) is 16.6. The highest BCUT2D eigenvalue weighted by molar-refractivity contribution is 5.45. The molecule has 0 amide bonds. The molecule has 0 bridgehead atoms. The summed E-state index contributed by atoms with van der Waals surface area (Å²) in [6.45, 7) is 8.12. The van der Waals surface area contributed by atoms with E-state index in [-0.39, 0.29) is 11.5 Å². The minimum atomic E-state index is 0.0983. The molecule has 2 aromatic rings. The first-order valence-corrected chi connectivity index (χ1v) is 7.43. The van der Waals surface area contributed by atoms with Crippen LogP contribution in [0.1, 0.15) is 26.5 Å². The molecule has 2 rings (SSSR count). The van der Waals surface area contributed by atoms with Crippen molar-refractivity contribution in [2.75, 3.05) is 33.1 Å². The fraction of sp³-hybridized carbons (Fsp3) is 0.667. The second kappa shape index (κ2) is 6.58. The Morgan fingerprint density at radius 3 is 2.77 bits per heavy atom. The van der Waals surface area contributed by atoms with Crippen molar-refractivity contribution in [3.63, 3.8) is 0 Å². The van der Waals surface area contributed by atoms with Crippen molar-refractivity contribution in [2.45, 2.75) is 33.4 Å². The topological polar surface area (TPSA) is 67.6 Å². The Labute approximate surface area is 131 Å². The van der Waals surface area contributed by atoms with E-state index in [9.17, 15) is 0 Å². The van der Waals surface area contributed by atoms with Gasteiger partial charge in [0.2, 0.25) is 0 Å². The molecule has 0 aliphatic heterocycles. The minimum absolute atomic E-state index is 0.0983. The summed E-state index contributed by atoms with van der Waals surface area (Å²) in [5.74, 6) is 1.46. The van der Waals surface area contributed by atoms with E-state index in [1.807, 2.05) is 6.07 Å². The summed E-state index contributed by atoms with van der Waals surface area (Å²) in [7, 11) is 5.84. The Morgan fingerprint density at radius 2 is 2.14 bits per heavy atom. The Morgan fingerprint density at radius 1 is 1.41 bits per heavy atom. The molecule has 2 aromatic heterocycles. The van der Waals surface area contributed by atoms with Crippen molar-refractivity contribution in [1.29, 1.82) is 0 Å². The number of anilines is 1. The van der Waals surface area contributed by atoms with Crippen LogP contribution >= 0.6 is 0 Å². The monoisotopic (exact) mass is 306 g/mol. The quantitative estimate of drug-likeness (QED) is 0.839. The standard InChI is InChI=1S/C15H26N6O/c1-11(15(2,3)9-20(4)5)18-13-7-12(8-22-6)19-14-16-10-17-21(13)14/h7,10-11,18H,8-9H2,1-6H3. The van der Waals surface area contributed by atoms with Gasteiger partial charge in [0, 0.05) is 25.8 Å². The van der Waals surface area contributed by atoms with E-state index in [1.165, 1.54) is 6.33 Å². The minimum Gasteiger partial charge on any atom is -0.378 e. The van der Waals surface area contributed by atoms with E-state index in [2.05, 4.69) is 60.1 Å². The fourth-order valence-electron chi connectivity index (χ4n) is 2.56. The van der Waals surface area contributed by atoms with Crippen molar-refractivity contribution in [3.05, 3.63) is 18.1 Å². The lowest BCUT2D eigenvalue weighted by Crippen LogP contribution is -2.41. The zero-order chi connectivity index (χ0) is 16.3. The van der Waals surface area contributed by atoms with Crippen molar-refractivity contribution >= 4 is 11.6 Å². The van der Waals surface area contributed by atoms with Gasteiger partial charge in [-0.1, -0.05) is 13.8 Å². The molecular weight excluding hydrogens is 280 g/mol. The van der Waals surface area contributed by atoms with Gasteiger partial charge in [-0.2, -0.15) is 14.6 Å². The zero-order valence-electron chi connectivity index (χ0n) is 14.3. The van der Waals surface area contributed by atoms with Crippen LogP contribution in [-0.4, -0.2) is 58.3 Å². The molecular formula is C15H26N6O. The predicted octanol–water partition coefficient (Wildman–Crippen LogP) is 1.66. The van der Waals surface area contributed by atoms with Crippen LogP contribution in [0.25, 0.3) is 5.78 Å². The maximum absolute atomic E-state index is 5.18. The largest absolute Gasteiger partial charge is 0.378 e. The van der Waals surface area contributed by atoms with Crippen molar-refractivity contribution in [3.8, 4) is 0 Å². The maximum atomic E-state index is 5.18. The molecule has 1 atom stereocenters. The molecule has 0 aromatic carbocycles. The van der Waals surface area contributed by atoms with E-state index >= 15 is 0 Å². The van der Waals surface area contributed by atoms with Crippen LogP contribution in [0.5, 0.6) is 0 Å². The second-order valence-corrected chi connectivity index (χ2v) is 6.63. The molecule has 0 radical (unpaired) electrons. The van der Waals surface area contributed by atoms with Gasteiger partial charge in [0.05, 0.1) is 12.3 Å². The van der Waals surface area contributed by atoms with Crippen LogP contribution in [-0.2, 0) is 11.3 Å². The third-order valence-corrected chi connectivity index (χ3v) is 3.86. The van der Waals surface area contributed by atoms with E-state index < -0.39 is 0 Å². The second-order valence-electron chi connectivity index (χ2n) is 6.63. The highest BCUT2D eigenvalue weighted by Gasteiger charge is 2.27. The number of ether oxygens (including phenoxy) is 1. The number of nitrogens with zero attached hydrogens (tertiary/aromatic N) is 5. The van der Waals surface area contributed by atoms with Crippen molar-refractivity contribution < 1.29 is 4.74 Å². The lowest BCUT2D eigenvalue weighted by Gasteiger charge is -2.35. The predicted molar refractivity (Wildman–Crippen MR) is 86.9 cm³/mol. The molecule has 2 heterocycles. The summed E-state index contributed by atoms with van der Waals surface area (Å²) in [5, 5.41) is 7.80. The Balaban J connectivity index is 2.28. The van der Waals surface area contributed by atoms with Crippen LogP contribution in [0.2, 0.25) is 0 Å². The number of rotatable bonds is 7. The third kappa shape index (κ3) is 3.72. The third-order valence-electron chi connectivity index (χ3n) is 3.86. The molecule has 0 aliphatic rings. The Hall–Kier alpha value is -1.73. The molecule has 1 unspecified atom stereocenters. The van der Waals surface area contributed by atoms with Gasteiger partial charge in [-0.05, 0) is 26.4 Å². The highest BCUT2D eigenvalue weighted by atomic mass is 16.5. The summed E-state index contributed by atoms with van der Waals surface area (Å²) in [6, 6.07) is 2.22. The Bertz CT molecular complexity index is 622. The van der Waals surface area contributed by atoms with Crippen LogP contribution in [0, 0.1) is 5.41 Å². The molecule has 0 aliphatic carbocycles. The number of hydrogen-bond acceptors (Lipinski definition) is 6. The summed E-state index contributed by atoms with van der Waals surface area (Å²) >= 11 is 0. The molecule has 122 valence electrons. The molecule has 0 fully saturated rings. The molecule has 22 heavy (non-hydrogen) atoms. The normalized spacial score (nSPS) is 13.8. The van der Waals surface area contributed by atoms with E-state index in [4.69, 9.17) is 4.74 Å². The van der Waals surface area contributed by atoms with Crippen molar-refractivity contribution in [1.82, 2.24) is 24.5 Å². The fourth-order valence-corrected chi connectivity index (χ4v) is 2.56. The first-order valence-electron chi connectivity index (χ1n) is 7.43. The lowest BCUT2D eigenvalue weighted by atomic mass is 9.85. The van der Waals surface area contributed by atoms with Gasteiger partial charge in [-0.25, -0.2) is 4.98 Å². The summed E-state index contributed by atoms with van der Waals surface area (Å²) in [6.07, 6.45) is 1.51. The van der Waals surface area contributed by atoms with Crippen LogP contribution in [0.3, 0.4) is 0 Å². The highest BCUT2D eigenvalue weighted by Crippen LogP contribution is 2.25. The van der Waals surface area contributed by atoms with Crippen molar-refractivity contribution in [2.24, 2.45) is 5.41 Å². The number of fused-ring (bicyclic) bond motifs is 1. The number of nitrogens with one attached hydrogen (secondary N) is 1. The van der Waals surface area contributed by atoms with Gasteiger partial charge < -0.3 is 15.0 Å². The van der Waals surface area contributed by atoms with Gasteiger partial charge in [0.15, 0.2) is 0 Å². The number of methoxy groups -OCH3 is 1. The van der Waals surface area contributed by atoms with Crippen LogP contribution in [0.4, 0.5) is 5.82 Å². The number of hydrogen-bond donors (Lipinski definition) is 1. The first-order chi connectivity index (χ1) is 10.3. The summed E-state index contributed by atoms with van der Waals surface area (Å²) in [4.78, 5) is 10.8. The van der Waals surface area contributed by atoms with E-state index in [1.54, 1.807) is 11.6 Å². The average Bonchev–Trinajstić information content (AvgIpc) is 2.86. The maximum Gasteiger partial charge on any atom is 0.254 e. The van der Waals surface area contributed by atoms with Gasteiger partial charge in [0.1, 0.15) is 12.1 Å². The molecule has 7 nitrogen and oxygen atoms in total. The number of aromatic nitrogens is 4. The van der Waals surface area contributed by atoms with Crippen LogP contribution < -0.4 is 5.32 Å². The Kier molecular flexibility index (Phi) is 4.97. The van der Waals surface area contributed by atoms with E-state index in [0.717, 1.165) is 18.1 Å². The van der Waals surface area contributed by atoms with Gasteiger partial charge in [-0.15, -0.1) is 0 Å². The zero-order valence-corrected chi connectivity index (χ0v) is 14.3. The molecule has 0 saturated carbocycles. The summed E-state index contributed by atoms with van der Waals surface area (Å²) < 4.78 is 6.90. The molecule has 7 heteroatoms. The SMILES string of the molecule is COCc1cc(NC(C)C(C)(C)CN(C)C)n2ncnc2n1. The van der Waals surface area contributed by atoms with Gasteiger partial charge in [-0.3, -0.25) is 0 Å². The van der Waals surface area contributed by atoms with E-state index in [0.29, 0.717) is 12.4 Å². The summed E-state index contributed by atoms with van der Waals surface area (Å²) in [5.41, 5.74) is 0.935. The average molecular weight is 306 g/mol. The smallest absolute Gasteiger partial charge is 0.254 e. The molecule has 0 spiro atoms. The van der Waals surface area contributed by atoms with Gasteiger partial charge >= 0.3 is 0 Å².